The minimum Gasteiger partial charge on any atom is -1.00 e. The first-order chi connectivity index (χ1) is 6.41. The Balaban J connectivity index is -0.000000720. The summed E-state index contributed by atoms with van der Waals surface area (Å²) in [5.74, 6) is 0. The third-order valence-corrected chi connectivity index (χ3v) is 2.45. The van der Waals surface area contributed by atoms with Crippen LogP contribution in [0.3, 0.4) is 0 Å². The van der Waals surface area contributed by atoms with E-state index in [9.17, 15) is 0 Å². The second kappa shape index (κ2) is 16.1. The predicted molar refractivity (Wildman–Crippen MR) is 61.7 cm³/mol. The van der Waals surface area contributed by atoms with Gasteiger partial charge in [-0.25, -0.2) is 0 Å². The van der Waals surface area contributed by atoms with Gasteiger partial charge in [-0.05, 0) is 19.1 Å². The molecule has 0 aliphatic rings. The fourth-order valence-corrected chi connectivity index (χ4v) is 1.56. The normalized spacial score (nSPS) is 9.50. The number of hydrogen-bond acceptors (Lipinski definition) is 1. The first-order valence-corrected chi connectivity index (χ1v) is 5.90. The van der Waals surface area contributed by atoms with Crippen molar-refractivity contribution < 1.29 is 31.0 Å². The number of hydrogen-bond donors (Lipinski definition) is 1. The second-order valence-corrected chi connectivity index (χ2v) is 3.82. The molecule has 0 bridgehead atoms. The van der Waals surface area contributed by atoms with Gasteiger partial charge >= 0.3 is 29.6 Å². The third kappa shape index (κ3) is 15.2. The van der Waals surface area contributed by atoms with Crippen molar-refractivity contribution in [1.82, 2.24) is 0 Å². The standard InChI is InChI=1S/C12H25N.Na.H/c1-2-3-4-5-6-7-8-9-10-11-12-13;;/h12-13H,2-11H2,1H3;;/q;+1;-1. The second-order valence-electron chi connectivity index (χ2n) is 3.82. The van der Waals surface area contributed by atoms with E-state index >= 15 is 0 Å². The maximum absolute atomic E-state index is 6.87. The summed E-state index contributed by atoms with van der Waals surface area (Å²) >= 11 is 0. The van der Waals surface area contributed by atoms with Gasteiger partial charge in [-0.1, -0.05) is 58.3 Å². The monoisotopic (exact) mass is 207 g/mol. The molecule has 0 spiro atoms. The number of rotatable bonds is 10. The molecule has 1 N–H and O–H groups in total. The number of unbranched alkanes of at least 4 members (excludes halogenated alkanes) is 9. The zero-order valence-corrected chi connectivity index (χ0v) is 12.1. The van der Waals surface area contributed by atoms with Gasteiger partial charge in [0.2, 0.25) is 0 Å². The molecule has 0 amide bonds. The van der Waals surface area contributed by atoms with E-state index in [1.807, 2.05) is 0 Å². The van der Waals surface area contributed by atoms with Crippen LogP contribution >= 0.6 is 0 Å². The Morgan fingerprint density at radius 2 is 1.29 bits per heavy atom. The van der Waals surface area contributed by atoms with Gasteiger partial charge < -0.3 is 6.84 Å². The fraction of sp³-hybridized carbons (Fsp3) is 0.917. The molecule has 80 valence electrons. The molecule has 1 nitrogen and oxygen atoms in total. The van der Waals surface area contributed by atoms with Gasteiger partial charge in [0.05, 0.1) is 0 Å². The van der Waals surface area contributed by atoms with Crippen molar-refractivity contribution in [2.24, 2.45) is 0 Å². The van der Waals surface area contributed by atoms with Crippen LogP contribution in [-0.2, 0) is 0 Å². The summed E-state index contributed by atoms with van der Waals surface area (Å²) in [5.41, 5.74) is 0. The molecule has 0 radical (unpaired) electrons. The van der Waals surface area contributed by atoms with E-state index < -0.39 is 0 Å². The number of nitrogens with one attached hydrogen (secondary N) is 1. The zero-order valence-electron chi connectivity index (χ0n) is 11.1. The summed E-state index contributed by atoms with van der Waals surface area (Å²) in [6.07, 6.45) is 14.9. The first-order valence-electron chi connectivity index (χ1n) is 5.90. The Morgan fingerprint density at radius 1 is 0.857 bits per heavy atom. The van der Waals surface area contributed by atoms with Crippen LogP contribution in [0.25, 0.3) is 0 Å². The van der Waals surface area contributed by atoms with E-state index in [-0.39, 0.29) is 31.0 Å². The largest absolute Gasteiger partial charge is 1.00 e. The molecule has 14 heavy (non-hydrogen) atoms. The molecular weight excluding hydrogens is 181 g/mol. The third-order valence-electron chi connectivity index (χ3n) is 2.45. The molecule has 0 aromatic heterocycles. The van der Waals surface area contributed by atoms with Crippen LogP contribution in [-0.4, -0.2) is 6.21 Å². The van der Waals surface area contributed by atoms with E-state index in [2.05, 4.69) is 6.92 Å². The molecule has 0 aromatic rings. The maximum Gasteiger partial charge on any atom is 1.00 e. The van der Waals surface area contributed by atoms with Crippen LogP contribution < -0.4 is 29.6 Å². The predicted octanol–water partition coefficient (Wildman–Crippen LogP) is 1.67. The molecule has 0 saturated heterocycles. The summed E-state index contributed by atoms with van der Waals surface area (Å²) in [6, 6.07) is 0. The maximum atomic E-state index is 6.87. The Morgan fingerprint density at radius 3 is 1.71 bits per heavy atom. The van der Waals surface area contributed by atoms with Crippen molar-refractivity contribution in [2.75, 3.05) is 0 Å². The zero-order chi connectivity index (χ0) is 9.78. The molecule has 0 atom stereocenters. The van der Waals surface area contributed by atoms with E-state index in [1.165, 1.54) is 64.0 Å². The average molecular weight is 207 g/mol. The molecule has 0 fully saturated rings. The van der Waals surface area contributed by atoms with Crippen LogP contribution in [0.2, 0.25) is 0 Å². The molecule has 2 heteroatoms. The van der Waals surface area contributed by atoms with E-state index in [4.69, 9.17) is 5.41 Å². The molecule has 0 aliphatic carbocycles. The quantitative estimate of drug-likeness (QED) is 0.320. The fourth-order valence-electron chi connectivity index (χ4n) is 1.56. The minimum absolute atomic E-state index is 0. The summed E-state index contributed by atoms with van der Waals surface area (Å²) in [6.45, 7) is 2.26. The average Bonchev–Trinajstić information content (AvgIpc) is 2.16. The van der Waals surface area contributed by atoms with Gasteiger partial charge in [-0.3, -0.25) is 0 Å². The Labute approximate surface area is 113 Å². The van der Waals surface area contributed by atoms with Gasteiger partial charge in [-0.15, -0.1) is 0 Å². The van der Waals surface area contributed by atoms with E-state index in [0.29, 0.717) is 0 Å². The van der Waals surface area contributed by atoms with Gasteiger partial charge in [0.1, 0.15) is 0 Å². The van der Waals surface area contributed by atoms with Gasteiger partial charge in [0.25, 0.3) is 0 Å². The van der Waals surface area contributed by atoms with Crippen molar-refractivity contribution in [3.05, 3.63) is 0 Å². The van der Waals surface area contributed by atoms with Crippen molar-refractivity contribution in [1.29, 1.82) is 5.41 Å². The Hall–Kier alpha value is 0.670. The molecule has 0 aliphatic heterocycles. The summed E-state index contributed by atoms with van der Waals surface area (Å²) in [5, 5.41) is 6.87. The molecule has 0 aromatic carbocycles. The van der Waals surface area contributed by atoms with Crippen molar-refractivity contribution in [3.8, 4) is 0 Å². The van der Waals surface area contributed by atoms with Crippen LogP contribution in [0, 0.1) is 5.41 Å². The van der Waals surface area contributed by atoms with Crippen LogP contribution in [0.4, 0.5) is 0 Å². The van der Waals surface area contributed by atoms with Gasteiger partial charge in [0, 0.05) is 0 Å². The topological polar surface area (TPSA) is 23.9 Å². The van der Waals surface area contributed by atoms with Crippen molar-refractivity contribution in [2.45, 2.75) is 71.1 Å². The van der Waals surface area contributed by atoms with Gasteiger partial charge in [-0.2, -0.15) is 0 Å². The Bertz CT molecular complexity index is 110. The summed E-state index contributed by atoms with van der Waals surface area (Å²) in [7, 11) is 0. The molecular formula is C12H26NNa. The molecule has 0 saturated carbocycles. The van der Waals surface area contributed by atoms with E-state index in [1.54, 1.807) is 0 Å². The molecule has 0 rings (SSSR count). The molecule has 0 heterocycles. The Kier molecular flexibility index (Phi) is 19.7. The minimum atomic E-state index is 0. The van der Waals surface area contributed by atoms with Crippen molar-refractivity contribution in [3.63, 3.8) is 0 Å². The summed E-state index contributed by atoms with van der Waals surface area (Å²) < 4.78 is 0. The smallest absolute Gasteiger partial charge is 1.00 e. The van der Waals surface area contributed by atoms with E-state index in [0.717, 1.165) is 6.42 Å². The van der Waals surface area contributed by atoms with Crippen LogP contribution in [0.15, 0.2) is 0 Å². The van der Waals surface area contributed by atoms with Crippen LogP contribution in [0.5, 0.6) is 0 Å². The first kappa shape index (κ1) is 17.1. The van der Waals surface area contributed by atoms with Crippen LogP contribution in [0.1, 0.15) is 72.6 Å². The van der Waals surface area contributed by atoms with Gasteiger partial charge in [0.15, 0.2) is 0 Å². The molecule has 0 unspecified atom stereocenters. The van der Waals surface area contributed by atoms with Crippen molar-refractivity contribution >= 4 is 6.21 Å². The summed E-state index contributed by atoms with van der Waals surface area (Å²) in [4.78, 5) is 0. The SMILES string of the molecule is CCCCCCCCCCCC=N.[H-].[Na+].